The molecular weight excluding hydrogens is 304 g/mol. The highest BCUT2D eigenvalue weighted by atomic mass is 35.5. The van der Waals surface area contributed by atoms with E-state index in [0.717, 1.165) is 18.7 Å². The van der Waals surface area contributed by atoms with Crippen molar-refractivity contribution in [3.63, 3.8) is 0 Å². The van der Waals surface area contributed by atoms with Gasteiger partial charge in [0.2, 0.25) is 5.91 Å². The maximum atomic E-state index is 12.2. The SMILES string of the molecule is CCCN(CC(=O)Nc1ccc(Cl)cc1)CC1(CO)COC1. The van der Waals surface area contributed by atoms with Crippen LogP contribution in [-0.2, 0) is 9.53 Å². The van der Waals surface area contributed by atoms with Gasteiger partial charge in [0.25, 0.3) is 0 Å². The number of amides is 1. The molecule has 1 saturated heterocycles. The fraction of sp³-hybridized carbons (Fsp3) is 0.562. The van der Waals surface area contributed by atoms with Crippen LogP contribution in [0.1, 0.15) is 13.3 Å². The van der Waals surface area contributed by atoms with Crippen molar-refractivity contribution in [2.75, 3.05) is 44.8 Å². The second kappa shape index (κ2) is 7.92. The molecule has 1 aliphatic rings. The van der Waals surface area contributed by atoms with Gasteiger partial charge in [-0.15, -0.1) is 0 Å². The summed E-state index contributed by atoms with van der Waals surface area (Å²) >= 11 is 5.83. The molecule has 0 aromatic heterocycles. The lowest BCUT2D eigenvalue weighted by atomic mass is 9.86. The Bertz CT molecular complexity index is 483. The second-order valence-electron chi connectivity index (χ2n) is 5.92. The summed E-state index contributed by atoms with van der Waals surface area (Å²) in [4.78, 5) is 14.3. The molecule has 0 unspecified atom stereocenters. The van der Waals surface area contributed by atoms with E-state index in [1.165, 1.54) is 0 Å². The largest absolute Gasteiger partial charge is 0.396 e. The summed E-state index contributed by atoms with van der Waals surface area (Å²) < 4.78 is 5.22. The van der Waals surface area contributed by atoms with Crippen molar-refractivity contribution < 1.29 is 14.6 Å². The quantitative estimate of drug-likeness (QED) is 0.767. The Morgan fingerprint density at radius 3 is 2.59 bits per heavy atom. The highest BCUT2D eigenvalue weighted by molar-refractivity contribution is 6.30. The number of carbonyl (C=O) groups excluding carboxylic acids is 1. The Labute approximate surface area is 136 Å². The van der Waals surface area contributed by atoms with Crippen LogP contribution in [0.2, 0.25) is 5.02 Å². The average molecular weight is 327 g/mol. The number of nitrogens with zero attached hydrogens (tertiary/aromatic N) is 1. The highest BCUT2D eigenvalue weighted by Crippen LogP contribution is 2.28. The fourth-order valence-electron chi connectivity index (χ4n) is 2.56. The predicted octanol–water partition coefficient (Wildman–Crippen LogP) is 2.00. The Morgan fingerprint density at radius 2 is 2.09 bits per heavy atom. The molecule has 1 aromatic rings. The van der Waals surface area contributed by atoms with Crippen LogP contribution in [0.25, 0.3) is 0 Å². The molecule has 0 saturated carbocycles. The molecule has 0 radical (unpaired) electrons. The van der Waals surface area contributed by atoms with Crippen LogP contribution in [-0.4, -0.2) is 55.4 Å². The van der Waals surface area contributed by atoms with E-state index in [1.54, 1.807) is 24.3 Å². The summed E-state index contributed by atoms with van der Waals surface area (Å²) in [5.41, 5.74) is 0.519. The molecular formula is C16H23ClN2O3. The zero-order chi connectivity index (χ0) is 16.0. The number of anilines is 1. The third kappa shape index (κ3) is 4.68. The molecule has 5 nitrogen and oxygen atoms in total. The van der Waals surface area contributed by atoms with Gasteiger partial charge in [-0.2, -0.15) is 0 Å². The molecule has 22 heavy (non-hydrogen) atoms. The highest BCUT2D eigenvalue weighted by Gasteiger charge is 2.39. The predicted molar refractivity (Wildman–Crippen MR) is 87.2 cm³/mol. The maximum absolute atomic E-state index is 12.2. The molecule has 1 heterocycles. The minimum atomic E-state index is -0.213. The first-order valence-corrected chi connectivity index (χ1v) is 7.91. The van der Waals surface area contributed by atoms with E-state index in [1.807, 2.05) is 0 Å². The number of rotatable bonds is 8. The molecule has 0 bridgehead atoms. The summed E-state index contributed by atoms with van der Waals surface area (Å²) in [5, 5.41) is 13.0. The van der Waals surface area contributed by atoms with E-state index in [4.69, 9.17) is 16.3 Å². The third-order valence-electron chi connectivity index (χ3n) is 3.75. The van der Waals surface area contributed by atoms with Crippen molar-refractivity contribution in [1.29, 1.82) is 0 Å². The summed E-state index contributed by atoms with van der Waals surface area (Å²) in [6, 6.07) is 7.04. The van der Waals surface area contributed by atoms with E-state index in [9.17, 15) is 9.90 Å². The molecule has 1 aromatic carbocycles. The molecule has 122 valence electrons. The monoisotopic (exact) mass is 326 g/mol. The van der Waals surface area contributed by atoms with Crippen LogP contribution in [0.4, 0.5) is 5.69 Å². The summed E-state index contributed by atoms with van der Waals surface area (Å²) in [7, 11) is 0. The van der Waals surface area contributed by atoms with Crippen molar-refractivity contribution in [2.24, 2.45) is 5.41 Å². The number of hydrogen-bond acceptors (Lipinski definition) is 4. The minimum absolute atomic E-state index is 0.0656. The first-order chi connectivity index (χ1) is 10.6. The summed E-state index contributed by atoms with van der Waals surface area (Å²) in [6.07, 6.45) is 0.955. The van der Waals surface area contributed by atoms with Gasteiger partial charge >= 0.3 is 0 Å². The minimum Gasteiger partial charge on any atom is -0.396 e. The average Bonchev–Trinajstić information content (AvgIpc) is 2.45. The van der Waals surface area contributed by atoms with Crippen molar-refractivity contribution in [3.05, 3.63) is 29.3 Å². The lowest BCUT2D eigenvalue weighted by Crippen LogP contribution is -2.54. The van der Waals surface area contributed by atoms with E-state index in [-0.39, 0.29) is 17.9 Å². The topological polar surface area (TPSA) is 61.8 Å². The number of benzene rings is 1. The smallest absolute Gasteiger partial charge is 0.238 e. The zero-order valence-corrected chi connectivity index (χ0v) is 13.6. The van der Waals surface area contributed by atoms with Crippen LogP contribution in [0.15, 0.2) is 24.3 Å². The Balaban J connectivity index is 1.89. The zero-order valence-electron chi connectivity index (χ0n) is 12.8. The van der Waals surface area contributed by atoms with Gasteiger partial charge in [0.15, 0.2) is 0 Å². The van der Waals surface area contributed by atoms with Crippen LogP contribution in [0, 0.1) is 5.41 Å². The molecule has 6 heteroatoms. The van der Waals surface area contributed by atoms with Crippen molar-refractivity contribution >= 4 is 23.2 Å². The molecule has 0 atom stereocenters. The van der Waals surface area contributed by atoms with Crippen molar-refractivity contribution in [3.8, 4) is 0 Å². The van der Waals surface area contributed by atoms with Crippen molar-refractivity contribution in [1.82, 2.24) is 4.90 Å². The van der Waals surface area contributed by atoms with Crippen LogP contribution in [0.3, 0.4) is 0 Å². The second-order valence-corrected chi connectivity index (χ2v) is 6.35. The number of aliphatic hydroxyl groups excluding tert-OH is 1. The van der Waals surface area contributed by atoms with Crippen LogP contribution in [0.5, 0.6) is 0 Å². The van der Waals surface area contributed by atoms with Gasteiger partial charge in [-0.05, 0) is 37.2 Å². The standard InChI is InChI=1S/C16H23ClN2O3/c1-2-7-19(9-16(10-20)11-22-12-16)8-15(21)18-14-5-3-13(17)4-6-14/h3-6,20H,2,7-12H2,1H3,(H,18,21). The third-order valence-corrected chi connectivity index (χ3v) is 4.00. The van der Waals surface area contributed by atoms with Gasteiger partial charge in [0, 0.05) is 17.3 Å². The number of hydrogen-bond donors (Lipinski definition) is 2. The normalized spacial score (nSPS) is 16.4. The number of ether oxygens (including phenoxy) is 1. The fourth-order valence-corrected chi connectivity index (χ4v) is 2.69. The summed E-state index contributed by atoms with van der Waals surface area (Å²) in [5.74, 6) is -0.0656. The van der Waals surface area contributed by atoms with Gasteiger partial charge in [-0.25, -0.2) is 0 Å². The molecule has 1 aliphatic heterocycles. The number of carbonyl (C=O) groups is 1. The lowest BCUT2D eigenvalue weighted by Gasteiger charge is -2.43. The molecule has 0 aliphatic carbocycles. The molecule has 1 fully saturated rings. The first-order valence-electron chi connectivity index (χ1n) is 7.53. The Kier molecular flexibility index (Phi) is 6.20. The van der Waals surface area contributed by atoms with Gasteiger partial charge in [-0.1, -0.05) is 18.5 Å². The first kappa shape index (κ1) is 17.2. The van der Waals surface area contributed by atoms with Crippen LogP contribution >= 0.6 is 11.6 Å². The van der Waals surface area contributed by atoms with Gasteiger partial charge < -0.3 is 15.2 Å². The number of nitrogens with one attached hydrogen (secondary N) is 1. The number of aliphatic hydroxyl groups is 1. The summed E-state index contributed by atoms with van der Waals surface area (Å²) in [6.45, 7) is 5.07. The van der Waals surface area contributed by atoms with E-state index < -0.39 is 0 Å². The van der Waals surface area contributed by atoms with Crippen molar-refractivity contribution in [2.45, 2.75) is 13.3 Å². The Hall–Kier alpha value is -1.14. The van der Waals surface area contributed by atoms with Gasteiger partial charge in [0.1, 0.15) is 0 Å². The lowest BCUT2D eigenvalue weighted by molar-refractivity contribution is -0.150. The van der Waals surface area contributed by atoms with E-state index >= 15 is 0 Å². The maximum Gasteiger partial charge on any atom is 0.238 e. The van der Waals surface area contributed by atoms with Crippen LogP contribution < -0.4 is 5.32 Å². The number of halogens is 1. The molecule has 2 N–H and O–H groups in total. The Morgan fingerprint density at radius 1 is 1.41 bits per heavy atom. The van der Waals surface area contributed by atoms with E-state index in [2.05, 4.69) is 17.1 Å². The molecule has 1 amide bonds. The van der Waals surface area contributed by atoms with E-state index in [0.29, 0.717) is 31.3 Å². The molecule has 2 rings (SSSR count). The molecule has 0 spiro atoms. The van der Waals surface area contributed by atoms with Gasteiger partial charge in [0.05, 0.1) is 31.8 Å². The van der Waals surface area contributed by atoms with Gasteiger partial charge in [-0.3, -0.25) is 9.69 Å².